The first kappa shape index (κ1) is 10.8. The lowest BCUT2D eigenvalue weighted by atomic mass is 9.91. The van der Waals surface area contributed by atoms with Crippen molar-refractivity contribution in [1.82, 2.24) is 4.90 Å². The van der Waals surface area contributed by atoms with Gasteiger partial charge in [-0.15, -0.1) is 0 Å². The fourth-order valence-corrected chi connectivity index (χ4v) is 2.12. The van der Waals surface area contributed by atoms with Gasteiger partial charge in [0, 0.05) is 23.3 Å². The highest BCUT2D eigenvalue weighted by atomic mass is 35.5. The molecule has 2 N–H and O–H groups in total. The van der Waals surface area contributed by atoms with Crippen LogP contribution in [0.15, 0.2) is 18.2 Å². The summed E-state index contributed by atoms with van der Waals surface area (Å²) in [5.74, 6) is 0. The van der Waals surface area contributed by atoms with E-state index < -0.39 is 0 Å². The van der Waals surface area contributed by atoms with Crippen LogP contribution in [0.3, 0.4) is 0 Å². The van der Waals surface area contributed by atoms with Gasteiger partial charge in [0.25, 0.3) is 0 Å². The summed E-state index contributed by atoms with van der Waals surface area (Å²) in [6.45, 7) is 0.897. The van der Waals surface area contributed by atoms with Crippen LogP contribution in [-0.4, -0.2) is 18.0 Å². The topological polar surface area (TPSA) is 29.3 Å². The molecule has 0 aromatic heterocycles. The number of anilines is 1. The van der Waals surface area contributed by atoms with Gasteiger partial charge in [-0.3, -0.25) is 4.90 Å². The second kappa shape index (κ2) is 4.42. The van der Waals surface area contributed by atoms with Gasteiger partial charge in [0.15, 0.2) is 0 Å². The van der Waals surface area contributed by atoms with Gasteiger partial charge in [0.05, 0.1) is 0 Å². The maximum atomic E-state index is 6.12. The Morgan fingerprint density at radius 3 is 2.80 bits per heavy atom. The van der Waals surface area contributed by atoms with Crippen LogP contribution in [0, 0.1) is 0 Å². The number of halogens is 1. The summed E-state index contributed by atoms with van der Waals surface area (Å²) in [4.78, 5) is 2.37. The third-order valence-corrected chi connectivity index (χ3v) is 3.56. The summed E-state index contributed by atoms with van der Waals surface area (Å²) < 4.78 is 0. The summed E-state index contributed by atoms with van der Waals surface area (Å²) in [5, 5.41) is 0.815. The van der Waals surface area contributed by atoms with E-state index in [0.29, 0.717) is 0 Å². The van der Waals surface area contributed by atoms with Crippen LogP contribution in [0.2, 0.25) is 5.02 Å². The predicted molar refractivity (Wildman–Crippen MR) is 65.0 cm³/mol. The monoisotopic (exact) mass is 224 g/mol. The van der Waals surface area contributed by atoms with E-state index >= 15 is 0 Å². The van der Waals surface area contributed by atoms with E-state index in [0.717, 1.165) is 28.9 Å². The lowest BCUT2D eigenvalue weighted by molar-refractivity contribution is 0.153. The molecule has 0 saturated heterocycles. The molecule has 15 heavy (non-hydrogen) atoms. The molecule has 1 aliphatic carbocycles. The van der Waals surface area contributed by atoms with Gasteiger partial charge in [-0.1, -0.05) is 18.0 Å². The third kappa shape index (κ3) is 2.44. The Kier molecular flexibility index (Phi) is 3.17. The molecule has 2 rings (SSSR count). The molecule has 1 aliphatic rings. The Labute approximate surface area is 96.0 Å². The Morgan fingerprint density at radius 2 is 2.20 bits per heavy atom. The molecule has 1 aromatic carbocycles. The molecule has 0 spiro atoms. The molecule has 3 heteroatoms. The number of nitrogens with two attached hydrogens (primary N) is 1. The van der Waals surface area contributed by atoms with E-state index in [1.165, 1.54) is 19.3 Å². The first-order valence-corrected chi connectivity index (χ1v) is 5.79. The maximum Gasteiger partial charge on any atom is 0.0452 e. The zero-order valence-corrected chi connectivity index (χ0v) is 9.80. The third-order valence-electron chi connectivity index (χ3n) is 3.19. The number of rotatable bonds is 3. The minimum atomic E-state index is 0.738. The van der Waals surface area contributed by atoms with Crippen molar-refractivity contribution >= 4 is 17.3 Å². The van der Waals surface area contributed by atoms with Gasteiger partial charge >= 0.3 is 0 Å². The number of hydrogen-bond donors (Lipinski definition) is 1. The Bertz CT molecular complexity index is 347. The normalized spacial score (nSPS) is 16.7. The van der Waals surface area contributed by atoms with Crippen LogP contribution in [-0.2, 0) is 6.54 Å². The molecular weight excluding hydrogens is 208 g/mol. The lowest BCUT2D eigenvalue weighted by Crippen LogP contribution is -2.36. The first-order chi connectivity index (χ1) is 7.16. The molecule has 1 saturated carbocycles. The van der Waals surface area contributed by atoms with E-state index in [9.17, 15) is 0 Å². The van der Waals surface area contributed by atoms with Crippen molar-refractivity contribution < 1.29 is 0 Å². The van der Waals surface area contributed by atoms with E-state index in [4.69, 9.17) is 17.3 Å². The highest BCUT2D eigenvalue weighted by molar-refractivity contribution is 6.31. The molecule has 0 radical (unpaired) electrons. The smallest absolute Gasteiger partial charge is 0.0452 e. The summed E-state index contributed by atoms with van der Waals surface area (Å²) in [6, 6.07) is 6.43. The Balaban J connectivity index is 2.05. The van der Waals surface area contributed by atoms with Gasteiger partial charge in [-0.05, 0) is 43.7 Å². The molecule has 0 bridgehead atoms. The predicted octanol–water partition coefficient (Wildman–Crippen LogP) is 2.91. The van der Waals surface area contributed by atoms with Crippen molar-refractivity contribution in [3.8, 4) is 0 Å². The molecule has 82 valence electrons. The number of nitrogens with zero attached hydrogens (tertiary/aromatic N) is 1. The van der Waals surface area contributed by atoms with Gasteiger partial charge in [0.2, 0.25) is 0 Å². The molecule has 0 aliphatic heterocycles. The van der Waals surface area contributed by atoms with Crippen LogP contribution >= 0.6 is 11.6 Å². The van der Waals surface area contributed by atoms with Gasteiger partial charge in [0.1, 0.15) is 0 Å². The zero-order chi connectivity index (χ0) is 10.8. The number of nitrogen functional groups attached to an aromatic ring is 1. The van der Waals surface area contributed by atoms with Crippen LogP contribution in [0.1, 0.15) is 24.8 Å². The average molecular weight is 225 g/mol. The fraction of sp³-hybridized carbons (Fsp3) is 0.500. The SMILES string of the molecule is CN(Cc1cc(N)ccc1Cl)C1CCC1. The van der Waals surface area contributed by atoms with Crippen LogP contribution < -0.4 is 5.73 Å². The molecule has 0 amide bonds. The summed E-state index contributed by atoms with van der Waals surface area (Å²) in [5.41, 5.74) is 7.67. The number of hydrogen-bond acceptors (Lipinski definition) is 2. The molecule has 0 atom stereocenters. The van der Waals surface area contributed by atoms with Crippen molar-refractivity contribution in [3.63, 3.8) is 0 Å². The standard InChI is InChI=1S/C12H17ClN2/c1-15(11-3-2-4-11)8-9-7-10(14)5-6-12(9)13/h5-7,11H,2-4,8,14H2,1H3. The fourth-order valence-electron chi connectivity index (χ4n) is 1.94. The molecular formula is C12H17ClN2. The maximum absolute atomic E-state index is 6.12. The summed E-state index contributed by atoms with van der Waals surface area (Å²) >= 11 is 6.12. The highest BCUT2D eigenvalue weighted by Gasteiger charge is 2.22. The minimum absolute atomic E-state index is 0.738. The summed E-state index contributed by atoms with van der Waals surface area (Å²) in [7, 11) is 2.16. The second-order valence-corrected chi connectivity index (χ2v) is 4.76. The second-order valence-electron chi connectivity index (χ2n) is 4.35. The zero-order valence-electron chi connectivity index (χ0n) is 9.04. The van der Waals surface area contributed by atoms with Crippen LogP contribution in [0.4, 0.5) is 5.69 Å². The molecule has 1 fully saturated rings. The van der Waals surface area contributed by atoms with Crippen molar-refractivity contribution in [2.45, 2.75) is 31.8 Å². The summed E-state index contributed by atoms with van der Waals surface area (Å²) in [6.07, 6.45) is 3.99. The highest BCUT2D eigenvalue weighted by Crippen LogP contribution is 2.27. The Morgan fingerprint density at radius 1 is 1.47 bits per heavy atom. The van der Waals surface area contributed by atoms with E-state index in [1.807, 2.05) is 18.2 Å². The largest absolute Gasteiger partial charge is 0.399 e. The van der Waals surface area contributed by atoms with E-state index in [-0.39, 0.29) is 0 Å². The lowest BCUT2D eigenvalue weighted by Gasteiger charge is -2.34. The van der Waals surface area contributed by atoms with Gasteiger partial charge < -0.3 is 5.73 Å². The van der Waals surface area contributed by atoms with Crippen molar-refractivity contribution in [2.75, 3.05) is 12.8 Å². The van der Waals surface area contributed by atoms with Crippen molar-refractivity contribution in [1.29, 1.82) is 0 Å². The van der Waals surface area contributed by atoms with Crippen molar-refractivity contribution in [3.05, 3.63) is 28.8 Å². The molecule has 2 nitrogen and oxygen atoms in total. The van der Waals surface area contributed by atoms with E-state index in [1.54, 1.807) is 0 Å². The van der Waals surface area contributed by atoms with Crippen molar-refractivity contribution in [2.24, 2.45) is 0 Å². The molecule has 0 unspecified atom stereocenters. The minimum Gasteiger partial charge on any atom is -0.399 e. The van der Waals surface area contributed by atoms with E-state index in [2.05, 4.69) is 11.9 Å². The molecule has 1 aromatic rings. The van der Waals surface area contributed by atoms with Gasteiger partial charge in [-0.25, -0.2) is 0 Å². The number of benzene rings is 1. The Hall–Kier alpha value is -0.730. The first-order valence-electron chi connectivity index (χ1n) is 5.41. The molecule has 0 heterocycles. The van der Waals surface area contributed by atoms with Gasteiger partial charge in [-0.2, -0.15) is 0 Å². The van der Waals surface area contributed by atoms with Crippen LogP contribution in [0.5, 0.6) is 0 Å². The quantitative estimate of drug-likeness (QED) is 0.800. The average Bonchev–Trinajstić information content (AvgIpc) is 2.08. The van der Waals surface area contributed by atoms with Crippen LogP contribution in [0.25, 0.3) is 0 Å².